The summed E-state index contributed by atoms with van der Waals surface area (Å²) in [6.07, 6.45) is 2.96. The van der Waals surface area contributed by atoms with Crippen molar-refractivity contribution in [1.29, 1.82) is 0 Å². The van der Waals surface area contributed by atoms with E-state index in [0.717, 1.165) is 19.3 Å². The van der Waals surface area contributed by atoms with Crippen molar-refractivity contribution < 1.29 is 5.11 Å². The molecule has 1 aromatic rings. The fourth-order valence-corrected chi connectivity index (χ4v) is 2.44. The summed E-state index contributed by atoms with van der Waals surface area (Å²) in [5.41, 5.74) is 2.52. The Morgan fingerprint density at radius 3 is 2.62 bits per heavy atom. The highest BCUT2D eigenvalue weighted by Crippen LogP contribution is 2.28. The molecule has 0 saturated heterocycles. The molecule has 2 nitrogen and oxygen atoms in total. The third-order valence-electron chi connectivity index (χ3n) is 3.40. The lowest BCUT2D eigenvalue weighted by atomic mass is 10.0. The number of rotatable bonds is 3. The minimum Gasteiger partial charge on any atom is -0.391 e. The van der Waals surface area contributed by atoms with Gasteiger partial charge in [0.05, 0.1) is 12.1 Å². The van der Waals surface area contributed by atoms with Gasteiger partial charge in [0, 0.05) is 5.69 Å². The van der Waals surface area contributed by atoms with Crippen molar-refractivity contribution in [3.05, 3.63) is 29.8 Å². The zero-order chi connectivity index (χ0) is 11.5. The van der Waals surface area contributed by atoms with Crippen LogP contribution in [0, 0.1) is 0 Å². The van der Waals surface area contributed by atoms with Crippen LogP contribution in [0.1, 0.15) is 44.6 Å². The standard InChI is InChI=1S/C14H21NO/c1-10(2)11-6-3-4-7-12(11)15-13-8-5-9-14(13)16/h3-4,6-7,10,13-16H,5,8-9H2,1-2H3/t13-,14-/m0/s1. The number of nitrogens with one attached hydrogen (secondary N) is 1. The first-order valence-corrected chi connectivity index (χ1v) is 6.22. The van der Waals surface area contributed by atoms with E-state index in [4.69, 9.17) is 0 Å². The largest absolute Gasteiger partial charge is 0.391 e. The lowest BCUT2D eigenvalue weighted by Crippen LogP contribution is -2.28. The van der Waals surface area contributed by atoms with Crippen LogP contribution in [-0.4, -0.2) is 17.3 Å². The quantitative estimate of drug-likeness (QED) is 0.818. The number of benzene rings is 1. The molecule has 1 aromatic carbocycles. The molecule has 0 heterocycles. The van der Waals surface area contributed by atoms with Gasteiger partial charge in [-0.1, -0.05) is 32.0 Å². The van der Waals surface area contributed by atoms with Gasteiger partial charge in [0.15, 0.2) is 0 Å². The van der Waals surface area contributed by atoms with Gasteiger partial charge in [0.25, 0.3) is 0 Å². The van der Waals surface area contributed by atoms with Crippen LogP contribution in [0.3, 0.4) is 0 Å². The van der Waals surface area contributed by atoms with Crippen molar-refractivity contribution in [2.45, 2.75) is 51.2 Å². The van der Waals surface area contributed by atoms with Crippen LogP contribution >= 0.6 is 0 Å². The van der Waals surface area contributed by atoms with Crippen molar-refractivity contribution in [3.8, 4) is 0 Å². The van der Waals surface area contributed by atoms with Gasteiger partial charge in [-0.3, -0.25) is 0 Å². The maximum absolute atomic E-state index is 9.82. The Morgan fingerprint density at radius 2 is 2.00 bits per heavy atom. The zero-order valence-corrected chi connectivity index (χ0v) is 10.1. The minimum atomic E-state index is -0.180. The number of hydrogen-bond donors (Lipinski definition) is 2. The minimum absolute atomic E-state index is 0.180. The van der Waals surface area contributed by atoms with E-state index in [9.17, 15) is 5.11 Å². The Kier molecular flexibility index (Phi) is 3.49. The fourth-order valence-electron chi connectivity index (χ4n) is 2.44. The Morgan fingerprint density at radius 1 is 1.25 bits per heavy atom. The van der Waals surface area contributed by atoms with Crippen molar-refractivity contribution in [2.75, 3.05) is 5.32 Å². The molecule has 0 amide bonds. The highest BCUT2D eigenvalue weighted by molar-refractivity contribution is 5.53. The van der Waals surface area contributed by atoms with Gasteiger partial charge in [-0.2, -0.15) is 0 Å². The van der Waals surface area contributed by atoms with Crippen LogP contribution in [0.2, 0.25) is 0 Å². The maximum Gasteiger partial charge on any atom is 0.0741 e. The van der Waals surface area contributed by atoms with E-state index in [0.29, 0.717) is 5.92 Å². The third-order valence-corrected chi connectivity index (χ3v) is 3.40. The second kappa shape index (κ2) is 4.88. The highest BCUT2D eigenvalue weighted by atomic mass is 16.3. The fraction of sp³-hybridized carbons (Fsp3) is 0.571. The maximum atomic E-state index is 9.82. The summed E-state index contributed by atoms with van der Waals surface area (Å²) < 4.78 is 0. The lowest BCUT2D eigenvalue weighted by Gasteiger charge is -2.21. The zero-order valence-electron chi connectivity index (χ0n) is 10.1. The third kappa shape index (κ3) is 2.38. The van der Waals surface area contributed by atoms with E-state index in [2.05, 4.69) is 43.4 Å². The monoisotopic (exact) mass is 219 g/mol. The lowest BCUT2D eigenvalue weighted by molar-refractivity contribution is 0.172. The number of anilines is 1. The summed E-state index contributed by atoms with van der Waals surface area (Å²) in [4.78, 5) is 0. The molecule has 1 aliphatic rings. The van der Waals surface area contributed by atoms with Crippen LogP contribution in [0.5, 0.6) is 0 Å². The van der Waals surface area contributed by atoms with Gasteiger partial charge in [0.2, 0.25) is 0 Å². The molecule has 1 saturated carbocycles. The first-order valence-electron chi connectivity index (χ1n) is 6.22. The average molecular weight is 219 g/mol. The van der Waals surface area contributed by atoms with E-state index in [1.54, 1.807) is 0 Å². The second-order valence-electron chi connectivity index (χ2n) is 4.99. The van der Waals surface area contributed by atoms with E-state index in [1.165, 1.54) is 11.3 Å². The number of aliphatic hydroxyl groups excluding tert-OH is 1. The second-order valence-corrected chi connectivity index (χ2v) is 4.99. The molecule has 88 valence electrons. The molecule has 0 aromatic heterocycles. The van der Waals surface area contributed by atoms with Crippen LogP contribution in [0.4, 0.5) is 5.69 Å². The molecule has 0 bridgehead atoms. The average Bonchev–Trinajstić information content (AvgIpc) is 2.65. The Labute approximate surface area is 97.7 Å². The molecule has 0 unspecified atom stereocenters. The molecule has 2 heteroatoms. The molecule has 16 heavy (non-hydrogen) atoms. The summed E-state index contributed by atoms with van der Waals surface area (Å²) in [5, 5.41) is 13.3. The highest BCUT2D eigenvalue weighted by Gasteiger charge is 2.25. The van der Waals surface area contributed by atoms with Crippen molar-refractivity contribution >= 4 is 5.69 Å². The topological polar surface area (TPSA) is 32.3 Å². The molecular formula is C14H21NO. The van der Waals surface area contributed by atoms with E-state index >= 15 is 0 Å². The van der Waals surface area contributed by atoms with E-state index in [1.807, 2.05) is 0 Å². The normalized spacial score (nSPS) is 25.0. The summed E-state index contributed by atoms with van der Waals surface area (Å²) >= 11 is 0. The van der Waals surface area contributed by atoms with Crippen LogP contribution in [0.25, 0.3) is 0 Å². The summed E-state index contributed by atoms with van der Waals surface area (Å²) in [5.74, 6) is 0.516. The van der Waals surface area contributed by atoms with Gasteiger partial charge in [-0.15, -0.1) is 0 Å². The van der Waals surface area contributed by atoms with Gasteiger partial charge in [-0.05, 0) is 36.8 Å². The first kappa shape index (κ1) is 11.5. The van der Waals surface area contributed by atoms with Crippen LogP contribution < -0.4 is 5.32 Å². The van der Waals surface area contributed by atoms with Crippen molar-refractivity contribution in [1.82, 2.24) is 0 Å². The SMILES string of the molecule is CC(C)c1ccccc1N[C@H]1CCC[C@@H]1O. The predicted molar refractivity (Wildman–Crippen MR) is 67.8 cm³/mol. The predicted octanol–water partition coefficient (Wildman–Crippen LogP) is 3.14. The first-order chi connectivity index (χ1) is 7.68. The number of aliphatic hydroxyl groups is 1. The Bertz CT molecular complexity index is 348. The molecule has 2 rings (SSSR count). The van der Waals surface area contributed by atoms with Crippen LogP contribution in [-0.2, 0) is 0 Å². The van der Waals surface area contributed by atoms with Gasteiger partial charge in [-0.25, -0.2) is 0 Å². The Hall–Kier alpha value is -1.02. The molecule has 0 radical (unpaired) electrons. The van der Waals surface area contributed by atoms with E-state index < -0.39 is 0 Å². The molecule has 1 aliphatic carbocycles. The van der Waals surface area contributed by atoms with Crippen molar-refractivity contribution in [2.24, 2.45) is 0 Å². The summed E-state index contributed by atoms with van der Waals surface area (Å²) in [6, 6.07) is 8.63. The number of para-hydroxylation sites is 1. The van der Waals surface area contributed by atoms with Crippen LogP contribution in [0.15, 0.2) is 24.3 Å². The number of hydrogen-bond acceptors (Lipinski definition) is 2. The van der Waals surface area contributed by atoms with E-state index in [-0.39, 0.29) is 12.1 Å². The van der Waals surface area contributed by atoms with Gasteiger partial charge >= 0.3 is 0 Å². The molecule has 0 aliphatic heterocycles. The molecule has 2 atom stereocenters. The Balaban J connectivity index is 2.14. The molecular weight excluding hydrogens is 198 g/mol. The van der Waals surface area contributed by atoms with Gasteiger partial charge < -0.3 is 10.4 Å². The molecule has 1 fully saturated rings. The summed E-state index contributed by atoms with van der Waals surface area (Å²) in [6.45, 7) is 4.40. The van der Waals surface area contributed by atoms with Crippen molar-refractivity contribution in [3.63, 3.8) is 0 Å². The molecule has 2 N–H and O–H groups in total. The summed E-state index contributed by atoms with van der Waals surface area (Å²) in [7, 11) is 0. The van der Waals surface area contributed by atoms with Gasteiger partial charge in [0.1, 0.15) is 0 Å². The molecule has 0 spiro atoms. The smallest absolute Gasteiger partial charge is 0.0741 e.